The molecule has 0 spiro atoms. The van der Waals surface area contributed by atoms with Crippen molar-refractivity contribution in [2.45, 2.75) is 38.6 Å². The molecule has 0 bridgehead atoms. The van der Waals surface area contributed by atoms with Crippen molar-refractivity contribution in [2.75, 3.05) is 17.6 Å². The molecule has 1 heterocycles. The molecule has 136 valence electrons. The van der Waals surface area contributed by atoms with Gasteiger partial charge in [-0.25, -0.2) is 17.5 Å². The Morgan fingerprint density at radius 3 is 2.72 bits per heavy atom. The molecule has 0 saturated heterocycles. The Morgan fingerprint density at radius 2 is 2.00 bits per heavy atom. The van der Waals surface area contributed by atoms with E-state index in [9.17, 15) is 12.8 Å². The van der Waals surface area contributed by atoms with Gasteiger partial charge in [-0.3, -0.25) is 4.98 Å². The molecule has 0 radical (unpaired) electrons. The Morgan fingerprint density at radius 1 is 1.24 bits per heavy atom. The maximum absolute atomic E-state index is 14.1. The summed E-state index contributed by atoms with van der Waals surface area (Å²) in [6.07, 6.45) is 5.20. The Labute approximate surface area is 148 Å². The third kappa shape index (κ3) is 4.67. The molecule has 3 rings (SSSR count). The first-order chi connectivity index (χ1) is 12.0. The fourth-order valence-electron chi connectivity index (χ4n) is 3.33. The Kier molecular flexibility index (Phi) is 5.54. The molecule has 25 heavy (non-hydrogen) atoms. The second-order valence-corrected chi connectivity index (χ2v) is 8.70. The predicted molar refractivity (Wildman–Crippen MR) is 98.5 cm³/mol. The molecule has 7 heteroatoms. The second-order valence-electron chi connectivity index (χ2n) is 6.65. The van der Waals surface area contributed by atoms with E-state index in [1.165, 1.54) is 6.07 Å². The van der Waals surface area contributed by atoms with E-state index in [-0.39, 0.29) is 17.6 Å². The van der Waals surface area contributed by atoms with Crippen molar-refractivity contribution in [3.8, 4) is 0 Å². The summed E-state index contributed by atoms with van der Waals surface area (Å²) < 4.78 is 40.1. The highest BCUT2D eigenvalue weighted by atomic mass is 32.2. The Balaban J connectivity index is 1.53. The normalized spacial score (nSPS) is 21.4. The third-order valence-electron chi connectivity index (χ3n) is 4.83. The van der Waals surface area contributed by atoms with Gasteiger partial charge >= 0.3 is 0 Å². The van der Waals surface area contributed by atoms with Gasteiger partial charge in [-0.15, -0.1) is 0 Å². The summed E-state index contributed by atoms with van der Waals surface area (Å²) in [7, 11) is -3.13. The molecule has 1 aliphatic rings. The van der Waals surface area contributed by atoms with Gasteiger partial charge in [0, 0.05) is 29.9 Å². The average molecular weight is 365 g/mol. The number of nitrogens with zero attached hydrogens (tertiary/aromatic N) is 1. The molecule has 1 saturated carbocycles. The Hall–Kier alpha value is -1.73. The van der Waals surface area contributed by atoms with Gasteiger partial charge in [-0.05, 0) is 56.7 Å². The lowest BCUT2D eigenvalue weighted by atomic mass is 9.86. The number of rotatable bonds is 6. The number of fused-ring (bicyclic) bond motifs is 1. The number of anilines is 1. The largest absolute Gasteiger partial charge is 0.385 e. The Bertz CT molecular complexity index is 833. The van der Waals surface area contributed by atoms with Crippen molar-refractivity contribution in [3.05, 3.63) is 36.3 Å². The molecule has 0 amide bonds. The highest BCUT2D eigenvalue weighted by Gasteiger charge is 2.24. The number of halogens is 1. The first-order valence-electron chi connectivity index (χ1n) is 8.75. The molecule has 1 aromatic heterocycles. The van der Waals surface area contributed by atoms with Gasteiger partial charge in [0.05, 0.1) is 5.75 Å². The van der Waals surface area contributed by atoms with Crippen molar-refractivity contribution in [1.82, 2.24) is 9.71 Å². The van der Waals surface area contributed by atoms with Crippen LogP contribution in [0, 0.1) is 11.7 Å². The molecular weight excluding hydrogens is 341 g/mol. The van der Waals surface area contributed by atoms with Crippen LogP contribution in [-0.4, -0.2) is 31.7 Å². The molecular formula is C18H24FN3O2S. The van der Waals surface area contributed by atoms with Crippen LogP contribution in [0.3, 0.4) is 0 Å². The van der Waals surface area contributed by atoms with Crippen molar-refractivity contribution in [3.63, 3.8) is 0 Å². The highest BCUT2D eigenvalue weighted by molar-refractivity contribution is 7.89. The zero-order valence-corrected chi connectivity index (χ0v) is 15.2. The van der Waals surface area contributed by atoms with Crippen LogP contribution >= 0.6 is 0 Å². The van der Waals surface area contributed by atoms with E-state index in [0.717, 1.165) is 43.3 Å². The minimum atomic E-state index is -3.13. The van der Waals surface area contributed by atoms with Crippen molar-refractivity contribution in [1.29, 1.82) is 0 Å². The third-order valence-corrected chi connectivity index (χ3v) is 6.28. The van der Waals surface area contributed by atoms with Gasteiger partial charge in [-0.2, -0.15) is 0 Å². The van der Waals surface area contributed by atoms with Crippen LogP contribution in [0.25, 0.3) is 10.9 Å². The summed E-state index contributed by atoms with van der Waals surface area (Å²) in [4.78, 5) is 4.06. The first-order valence-corrected chi connectivity index (χ1v) is 10.4. The van der Waals surface area contributed by atoms with E-state index in [1.807, 2.05) is 12.1 Å². The average Bonchev–Trinajstić information content (AvgIpc) is 2.61. The molecule has 0 atom stereocenters. The fourth-order valence-corrected chi connectivity index (χ4v) is 4.24. The molecule has 1 aliphatic carbocycles. The van der Waals surface area contributed by atoms with Gasteiger partial charge < -0.3 is 5.32 Å². The minimum Gasteiger partial charge on any atom is -0.385 e. The van der Waals surface area contributed by atoms with E-state index in [1.54, 1.807) is 19.2 Å². The van der Waals surface area contributed by atoms with Crippen LogP contribution < -0.4 is 10.0 Å². The van der Waals surface area contributed by atoms with Crippen molar-refractivity contribution < 1.29 is 12.8 Å². The van der Waals surface area contributed by atoms with Crippen LogP contribution in [0.15, 0.2) is 30.5 Å². The number of hydrogen-bond acceptors (Lipinski definition) is 4. The second kappa shape index (κ2) is 7.66. The molecule has 2 N–H and O–H groups in total. The number of benzene rings is 1. The van der Waals surface area contributed by atoms with Crippen LogP contribution in [-0.2, 0) is 10.0 Å². The number of aromatic nitrogens is 1. The van der Waals surface area contributed by atoms with Crippen LogP contribution in [0.5, 0.6) is 0 Å². The van der Waals surface area contributed by atoms with Gasteiger partial charge in [0.1, 0.15) is 5.52 Å². The number of hydrogen-bond donors (Lipinski definition) is 2. The fraction of sp³-hybridized carbons (Fsp3) is 0.500. The van der Waals surface area contributed by atoms with Crippen LogP contribution in [0.2, 0.25) is 0 Å². The number of nitrogens with one attached hydrogen (secondary N) is 2. The van der Waals surface area contributed by atoms with Crippen molar-refractivity contribution >= 4 is 26.6 Å². The summed E-state index contributed by atoms with van der Waals surface area (Å²) in [5.74, 6) is 0.268. The maximum atomic E-state index is 14.1. The molecule has 5 nitrogen and oxygen atoms in total. The van der Waals surface area contributed by atoms with E-state index in [0.29, 0.717) is 11.4 Å². The van der Waals surface area contributed by atoms with Crippen molar-refractivity contribution in [2.24, 2.45) is 5.92 Å². The molecule has 0 unspecified atom stereocenters. The molecule has 1 fully saturated rings. The zero-order chi connectivity index (χ0) is 17.9. The van der Waals surface area contributed by atoms with E-state index < -0.39 is 10.0 Å². The van der Waals surface area contributed by atoms with Gasteiger partial charge in [0.25, 0.3) is 0 Å². The van der Waals surface area contributed by atoms with Crippen LogP contribution in [0.1, 0.15) is 32.6 Å². The predicted octanol–water partition coefficient (Wildman–Crippen LogP) is 3.28. The van der Waals surface area contributed by atoms with E-state index in [4.69, 9.17) is 0 Å². The smallest absolute Gasteiger partial charge is 0.211 e. The molecule has 0 aliphatic heterocycles. The maximum Gasteiger partial charge on any atom is 0.211 e. The summed E-state index contributed by atoms with van der Waals surface area (Å²) >= 11 is 0. The summed E-state index contributed by atoms with van der Waals surface area (Å²) in [5, 5.41) is 4.10. The SMILES string of the molecule is CCS(=O)(=O)NC1CCC(CNc2cc(F)c3ncccc3c2)CC1. The molecule has 1 aromatic carbocycles. The van der Waals surface area contributed by atoms with Gasteiger partial charge in [0.15, 0.2) is 5.82 Å². The lowest BCUT2D eigenvalue weighted by Gasteiger charge is -2.29. The monoisotopic (exact) mass is 365 g/mol. The molecule has 2 aromatic rings. The standard InChI is InChI=1S/C18H24FN3O2S/c1-2-25(23,24)22-15-7-5-13(6-8-15)12-21-16-10-14-4-3-9-20-18(14)17(19)11-16/h3-4,9-11,13,15,21-22H,2,5-8,12H2,1H3. The number of sulfonamides is 1. The zero-order valence-electron chi connectivity index (χ0n) is 14.3. The summed E-state index contributed by atoms with van der Waals surface area (Å²) in [6.45, 7) is 2.41. The van der Waals surface area contributed by atoms with Crippen LogP contribution in [0.4, 0.5) is 10.1 Å². The van der Waals surface area contributed by atoms with Gasteiger partial charge in [0.2, 0.25) is 10.0 Å². The summed E-state index contributed by atoms with van der Waals surface area (Å²) in [6, 6.07) is 7.08. The van der Waals surface area contributed by atoms with Gasteiger partial charge in [-0.1, -0.05) is 6.07 Å². The highest BCUT2D eigenvalue weighted by Crippen LogP contribution is 2.26. The lowest BCUT2D eigenvalue weighted by molar-refractivity contribution is 0.324. The van der Waals surface area contributed by atoms with E-state index >= 15 is 0 Å². The minimum absolute atomic E-state index is 0.0467. The number of pyridine rings is 1. The quantitative estimate of drug-likeness (QED) is 0.824. The lowest BCUT2D eigenvalue weighted by Crippen LogP contribution is -2.39. The summed E-state index contributed by atoms with van der Waals surface area (Å²) in [5.41, 5.74) is 1.14. The topological polar surface area (TPSA) is 71.1 Å². The first kappa shape index (κ1) is 18.1. The van der Waals surface area contributed by atoms with E-state index in [2.05, 4.69) is 15.0 Å².